The van der Waals surface area contributed by atoms with Gasteiger partial charge in [-0.15, -0.1) is 0 Å². The Labute approximate surface area is 194 Å². The van der Waals surface area contributed by atoms with Gasteiger partial charge in [0.05, 0.1) is 18.6 Å². The van der Waals surface area contributed by atoms with E-state index >= 15 is 0 Å². The zero-order valence-corrected chi connectivity index (χ0v) is 19.0. The number of hydrogen-bond donors (Lipinski definition) is 0. The fraction of sp³-hybridized carbons (Fsp3) is 0.536. The zero-order valence-electron chi connectivity index (χ0n) is 19.0. The van der Waals surface area contributed by atoms with Crippen LogP contribution in [0.1, 0.15) is 57.8 Å². The van der Waals surface area contributed by atoms with Gasteiger partial charge in [-0.25, -0.2) is 8.78 Å². The predicted molar refractivity (Wildman–Crippen MR) is 123 cm³/mol. The second kappa shape index (κ2) is 9.92. The first-order valence-corrected chi connectivity index (χ1v) is 12.4. The SMILES string of the molecule is O=C(Oc1ccc(-c2ccc(F)c(F)c2)cc1)C1CCC(C2CCC(CC3CO3)CC2)CC1. The third-order valence-corrected chi connectivity index (χ3v) is 7.99. The van der Waals surface area contributed by atoms with Crippen LogP contribution in [0.2, 0.25) is 0 Å². The number of carbonyl (C=O) groups excluding carboxylic acids is 1. The molecule has 2 aliphatic carbocycles. The predicted octanol–water partition coefficient (Wildman–Crippen LogP) is 6.94. The molecule has 1 heterocycles. The van der Waals surface area contributed by atoms with Gasteiger partial charge in [-0.1, -0.05) is 31.0 Å². The lowest BCUT2D eigenvalue weighted by molar-refractivity contribution is -0.140. The number of ether oxygens (including phenoxy) is 2. The van der Waals surface area contributed by atoms with Crippen molar-refractivity contribution in [2.75, 3.05) is 6.61 Å². The van der Waals surface area contributed by atoms with Crippen molar-refractivity contribution in [3.63, 3.8) is 0 Å². The molecule has 0 amide bonds. The summed E-state index contributed by atoms with van der Waals surface area (Å²) in [5, 5.41) is 0. The maximum Gasteiger partial charge on any atom is 0.314 e. The maximum absolute atomic E-state index is 13.5. The van der Waals surface area contributed by atoms with Crippen LogP contribution in [-0.4, -0.2) is 18.7 Å². The average Bonchev–Trinajstić information content (AvgIpc) is 3.66. The summed E-state index contributed by atoms with van der Waals surface area (Å²) >= 11 is 0. The fourth-order valence-corrected chi connectivity index (χ4v) is 5.89. The molecule has 1 saturated heterocycles. The number of epoxide rings is 1. The largest absolute Gasteiger partial charge is 0.426 e. The molecule has 0 aromatic heterocycles. The molecule has 1 unspecified atom stereocenters. The first-order valence-electron chi connectivity index (χ1n) is 12.4. The number of rotatable bonds is 6. The second-order valence-corrected chi connectivity index (χ2v) is 10.2. The van der Waals surface area contributed by atoms with Crippen molar-refractivity contribution in [2.45, 2.75) is 63.9 Å². The summed E-state index contributed by atoms with van der Waals surface area (Å²) in [7, 11) is 0. The van der Waals surface area contributed by atoms with Crippen molar-refractivity contribution in [3.8, 4) is 16.9 Å². The summed E-state index contributed by atoms with van der Waals surface area (Å²) in [5.41, 5.74) is 1.33. The van der Waals surface area contributed by atoms with Gasteiger partial charge in [-0.05, 0) is 98.1 Å². The van der Waals surface area contributed by atoms with E-state index in [2.05, 4.69) is 0 Å². The number of hydrogen-bond acceptors (Lipinski definition) is 3. The zero-order chi connectivity index (χ0) is 22.8. The third-order valence-electron chi connectivity index (χ3n) is 7.99. The van der Waals surface area contributed by atoms with E-state index in [-0.39, 0.29) is 11.9 Å². The smallest absolute Gasteiger partial charge is 0.314 e. The van der Waals surface area contributed by atoms with Gasteiger partial charge in [0.25, 0.3) is 0 Å². The van der Waals surface area contributed by atoms with Crippen LogP contribution in [0, 0.1) is 35.3 Å². The second-order valence-electron chi connectivity index (χ2n) is 10.2. The molecule has 5 heteroatoms. The van der Waals surface area contributed by atoms with Crippen LogP contribution < -0.4 is 4.74 Å². The standard InChI is InChI=1S/C28H32F2O3/c29-26-14-11-23(16-27(26)30)21-9-12-24(13-10-21)33-28(31)22-7-5-20(6-8-22)19-3-1-18(2-4-19)15-25-17-32-25/h9-14,16,18-20,22,25H,1-8,15,17H2. The van der Waals surface area contributed by atoms with Crippen molar-refractivity contribution in [1.29, 1.82) is 0 Å². The van der Waals surface area contributed by atoms with Gasteiger partial charge >= 0.3 is 5.97 Å². The van der Waals surface area contributed by atoms with Crippen LogP contribution in [0.5, 0.6) is 5.75 Å². The highest BCUT2D eigenvalue weighted by atomic mass is 19.2. The highest BCUT2D eigenvalue weighted by molar-refractivity contribution is 5.75. The first-order chi connectivity index (χ1) is 16.0. The van der Waals surface area contributed by atoms with Gasteiger partial charge in [-0.2, -0.15) is 0 Å². The maximum atomic E-state index is 13.5. The molecule has 3 nitrogen and oxygen atoms in total. The number of carbonyl (C=O) groups is 1. The van der Waals surface area contributed by atoms with E-state index in [1.807, 2.05) is 0 Å². The molecule has 33 heavy (non-hydrogen) atoms. The van der Waals surface area contributed by atoms with Gasteiger partial charge in [0.15, 0.2) is 11.6 Å². The van der Waals surface area contributed by atoms with Gasteiger partial charge < -0.3 is 9.47 Å². The molecule has 1 aliphatic heterocycles. The Morgan fingerprint density at radius 2 is 1.42 bits per heavy atom. The lowest BCUT2D eigenvalue weighted by Crippen LogP contribution is -2.30. The molecule has 3 fully saturated rings. The molecule has 1 atom stereocenters. The molecule has 0 radical (unpaired) electrons. The Kier molecular flexibility index (Phi) is 6.77. The summed E-state index contributed by atoms with van der Waals surface area (Å²) in [4.78, 5) is 12.7. The minimum atomic E-state index is -0.875. The summed E-state index contributed by atoms with van der Waals surface area (Å²) < 4.78 is 37.7. The highest BCUT2D eigenvalue weighted by Crippen LogP contribution is 2.43. The van der Waals surface area contributed by atoms with E-state index < -0.39 is 11.6 Å². The molecule has 2 aromatic carbocycles. The molecule has 2 saturated carbocycles. The van der Waals surface area contributed by atoms with Crippen LogP contribution in [0.15, 0.2) is 42.5 Å². The molecule has 0 spiro atoms. The molecule has 5 rings (SSSR count). The van der Waals surface area contributed by atoms with Crippen molar-refractivity contribution >= 4 is 5.97 Å². The lowest BCUT2D eigenvalue weighted by atomic mass is 9.68. The molecular formula is C28H32F2O3. The van der Waals surface area contributed by atoms with Crippen LogP contribution in [0.25, 0.3) is 11.1 Å². The van der Waals surface area contributed by atoms with Crippen LogP contribution >= 0.6 is 0 Å². The lowest BCUT2D eigenvalue weighted by Gasteiger charge is -2.37. The fourth-order valence-electron chi connectivity index (χ4n) is 5.89. The van der Waals surface area contributed by atoms with Gasteiger partial charge in [0.1, 0.15) is 5.75 Å². The molecule has 0 bridgehead atoms. The van der Waals surface area contributed by atoms with Crippen LogP contribution in [0.3, 0.4) is 0 Å². The Morgan fingerprint density at radius 3 is 2.03 bits per heavy atom. The molecule has 0 N–H and O–H groups in total. The van der Waals surface area contributed by atoms with Crippen molar-refractivity contribution < 1.29 is 23.0 Å². The van der Waals surface area contributed by atoms with E-state index in [1.165, 1.54) is 44.2 Å². The Morgan fingerprint density at radius 1 is 0.818 bits per heavy atom. The van der Waals surface area contributed by atoms with E-state index in [9.17, 15) is 13.6 Å². The van der Waals surface area contributed by atoms with E-state index in [1.54, 1.807) is 24.3 Å². The normalized spacial score (nSPS) is 29.5. The van der Waals surface area contributed by atoms with Crippen molar-refractivity contribution in [2.24, 2.45) is 23.7 Å². The summed E-state index contributed by atoms with van der Waals surface area (Å²) in [6, 6.07) is 10.8. The topological polar surface area (TPSA) is 38.8 Å². The number of esters is 1. The molecular weight excluding hydrogens is 422 g/mol. The summed E-state index contributed by atoms with van der Waals surface area (Å²) in [6.07, 6.45) is 11.2. The van der Waals surface area contributed by atoms with Crippen LogP contribution in [0.4, 0.5) is 8.78 Å². The molecule has 3 aliphatic rings. The van der Waals surface area contributed by atoms with Gasteiger partial charge in [-0.3, -0.25) is 4.79 Å². The minimum absolute atomic E-state index is 0.0320. The van der Waals surface area contributed by atoms with Crippen molar-refractivity contribution in [3.05, 3.63) is 54.1 Å². The summed E-state index contributed by atoms with van der Waals surface area (Å²) in [6.45, 7) is 0.971. The monoisotopic (exact) mass is 454 g/mol. The Hall–Kier alpha value is -2.27. The first kappa shape index (κ1) is 22.5. The summed E-state index contributed by atoms with van der Waals surface area (Å²) in [5.74, 6) is 0.997. The number of halogens is 2. The quantitative estimate of drug-likeness (QED) is 0.270. The van der Waals surface area contributed by atoms with E-state index in [0.29, 0.717) is 17.4 Å². The Bertz CT molecular complexity index is 954. The Balaban J connectivity index is 1.08. The minimum Gasteiger partial charge on any atom is -0.426 e. The van der Waals surface area contributed by atoms with Gasteiger partial charge in [0.2, 0.25) is 0 Å². The highest BCUT2D eigenvalue weighted by Gasteiger charge is 2.35. The average molecular weight is 455 g/mol. The number of benzene rings is 2. The van der Waals surface area contributed by atoms with E-state index in [4.69, 9.17) is 9.47 Å². The third kappa shape index (κ3) is 5.63. The van der Waals surface area contributed by atoms with Gasteiger partial charge in [0, 0.05) is 0 Å². The van der Waals surface area contributed by atoms with E-state index in [0.717, 1.165) is 61.7 Å². The molecule has 2 aromatic rings. The van der Waals surface area contributed by atoms with Crippen LogP contribution in [-0.2, 0) is 9.53 Å². The van der Waals surface area contributed by atoms with Crippen molar-refractivity contribution in [1.82, 2.24) is 0 Å². The molecule has 176 valence electrons.